The van der Waals surface area contributed by atoms with E-state index in [9.17, 15) is 4.79 Å². The van der Waals surface area contributed by atoms with Crippen molar-refractivity contribution in [3.05, 3.63) is 0 Å². The van der Waals surface area contributed by atoms with E-state index in [1.165, 1.54) is 6.92 Å². The van der Waals surface area contributed by atoms with Gasteiger partial charge >= 0.3 is 5.97 Å². The zero-order chi connectivity index (χ0) is 8.15. The number of carboxylic acid groups (broad SMARTS) is 1. The third-order valence-corrected chi connectivity index (χ3v) is 1.39. The molecule has 0 aliphatic carbocycles. The summed E-state index contributed by atoms with van der Waals surface area (Å²) in [4.78, 5) is 10.2. The van der Waals surface area contributed by atoms with Crippen molar-refractivity contribution in [2.45, 2.75) is 19.4 Å². The molecule has 0 aromatic heterocycles. The molecule has 0 fully saturated rings. The molecule has 2 unspecified atom stereocenters. The van der Waals surface area contributed by atoms with E-state index in [0.29, 0.717) is 0 Å². The minimum atomic E-state index is -1.04. The van der Waals surface area contributed by atoms with E-state index in [-0.39, 0.29) is 13.0 Å². The first-order chi connectivity index (χ1) is 4.59. The molecule has 0 rings (SSSR count). The van der Waals surface area contributed by atoms with E-state index in [1.807, 2.05) is 0 Å². The zero-order valence-corrected chi connectivity index (χ0v) is 5.82. The van der Waals surface area contributed by atoms with Crippen molar-refractivity contribution >= 4 is 5.97 Å². The lowest BCUT2D eigenvalue weighted by atomic mass is 10.0. The predicted molar refractivity (Wildman–Crippen MR) is 34.5 cm³/mol. The summed E-state index contributed by atoms with van der Waals surface area (Å²) in [5, 5.41) is 25.6. The van der Waals surface area contributed by atoms with Crippen LogP contribution in [0.4, 0.5) is 0 Å². The summed E-state index contributed by atoms with van der Waals surface area (Å²) in [5.74, 6) is -1.84. The smallest absolute Gasteiger partial charge is 0.308 e. The fourth-order valence-corrected chi connectivity index (χ4v) is 0.547. The van der Waals surface area contributed by atoms with Crippen LogP contribution in [0.25, 0.3) is 0 Å². The third kappa shape index (κ3) is 2.80. The van der Waals surface area contributed by atoms with Gasteiger partial charge in [-0.3, -0.25) is 4.79 Å². The molecule has 0 spiro atoms. The lowest BCUT2D eigenvalue weighted by Gasteiger charge is -2.12. The second-order valence-corrected chi connectivity index (χ2v) is 2.21. The molecule has 3 N–H and O–H groups in total. The van der Waals surface area contributed by atoms with Gasteiger partial charge in [-0.25, -0.2) is 0 Å². The molecule has 60 valence electrons. The van der Waals surface area contributed by atoms with Gasteiger partial charge in [0.05, 0.1) is 12.0 Å². The Hall–Kier alpha value is -0.610. The number of rotatable bonds is 4. The van der Waals surface area contributed by atoms with Crippen molar-refractivity contribution in [3.63, 3.8) is 0 Å². The van der Waals surface area contributed by atoms with Gasteiger partial charge in [0.25, 0.3) is 0 Å². The van der Waals surface area contributed by atoms with E-state index in [4.69, 9.17) is 15.3 Å². The van der Waals surface area contributed by atoms with Crippen LogP contribution in [-0.4, -0.2) is 34.0 Å². The fraction of sp³-hybridized carbons (Fsp3) is 0.833. The molecule has 0 radical (unpaired) electrons. The summed E-state index contributed by atoms with van der Waals surface area (Å²) in [6.45, 7) is 1.22. The maximum absolute atomic E-state index is 10.2. The molecule has 0 aliphatic rings. The van der Waals surface area contributed by atoms with Crippen LogP contribution in [0, 0.1) is 5.92 Å². The van der Waals surface area contributed by atoms with Crippen molar-refractivity contribution < 1.29 is 20.1 Å². The highest BCUT2D eigenvalue weighted by Gasteiger charge is 2.19. The van der Waals surface area contributed by atoms with E-state index in [1.54, 1.807) is 0 Å². The monoisotopic (exact) mass is 148 g/mol. The molecule has 2 atom stereocenters. The Kier molecular flexibility index (Phi) is 3.99. The number of aliphatic hydroxyl groups is 2. The number of carbonyl (C=O) groups is 1. The van der Waals surface area contributed by atoms with Gasteiger partial charge in [-0.1, -0.05) is 0 Å². The Morgan fingerprint density at radius 1 is 1.60 bits per heavy atom. The van der Waals surface area contributed by atoms with Crippen LogP contribution in [0.5, 0.6) is 0 Å². The first kappa shape index (κ1) is 9.39. The van der Waals surface area contributed by atoms with E-state index in [0.717, 1.165) is 0 Å². The van der Waals surface area contributed by atoms with Gasteiger partial charge in [-0.05, 0) is 13.3 Å². The molecule has 4 nitrogen and oxygen atoms in total. The zero-order valence-electron chi connectivity index (χ0n) is 5.82. The highest BCUT2D eigenvalue weighted by Crippen LogP contribution is 2.05. The first-order valence-electron chi connectivity index (χ1n) is 3.11. The normalized spacial score (nSPS) is 16.3. The second kappa shape index (κ2) is 4.24. The fourth-order valence-electron chi connectivity index (χ4n) is 0.547. The molecular formula is C6H12O4. The Bertz CT molecular complexity index is 112. The van der Waals surface area contributed by atoms with Crippen LogP contribution >= 0.6 is 0 Å². The van der Waals surface area contributed by atoms with Gasteiger partial charge in [0, 0.05) is 6.61 Å². The summed E-state index contributed by atoms with van der Waals surface area (Å²) in [6.07, 6.45) is -0.824. The Morgan fingerprint density at radius 3 is 2.40 bits per heavy atom. The largest absolute Gasteiger partial charge is 0.481 e. The van der Waals surface area contributed by atoms with Crippen molar-refractivity contribution in [2.75, 3.05) is 6.61 Å². The number of hydrogen-bond donors (Lipinski definition) is 3. The quantitative estimate of drug-likeness (QED) is 0.500. The molecular weight excluding hydrogens is 136 g/mol. The minimum absolute atomic E-state index is 0.119. The van der Waals surface area contributed by atoms with Gasteiger partial charge in [-0.2, -0.15) is 0 Å². The minimum Gasteiger partial charge on any atom is -0.481 e. The molecule has 0 saturated heterocycles. The van der Waals surface area contributed by atoms with E-state index >= 15 is 0 Å². The van der Waals surface area contributed by atoms with Crippen molar-refractivity contribution in [1.82, 2.24) is 0 Å². The van der Waals surface area contributed by atoms with E-state index in [2.05, 4.69) is 0 Å². The first-order valence-corrected chi connectivity index (χ1v) is 3.11. The lowest BCUT2D eigenvalue weighted by Crippen LogP contribution is -2.26. The Morgan fingerprint density at radius 2 is 2.10 bits per heavy atom. The summed E-state index contributed by atoms with van der Waals surface area (Å²) in [6, 6.07) is 0. The van der Waals surface area contributed by atoms with Gasteiger partial charge < -0.3 is 15.3 Å². The van der Waals surface area contributed by atoms with Crippen molar-refractivity contribution in [3.8, 4) is 0 Å². The number of aliphatic carboxylic acids is 1. The SMILES string of the molecule is CC(C(=O)O)C(O)CCO. The number of carboxylic acids is 1. The molecule has 0 heterocycles. The topological polar surface area (TPSA) is 77.8 Å². The maximum atomic E-state index is 10.2. The van der Waals surface area contributed by atoms with E-state index < -0.39 is 18.0 Å². The number of aliphatic hydroxyl groups excluding tert-OH is 2. The molecule has 0 saturated carbocycles. The molecule has 0 aliphatic heterocycles. The Balaban J connectivity index is 3.69. The van der Waals surface area contributed by atoms with Crippen molar-refractivity contribution in [1.29, 1.82) is 0 Å². The second-order valence-electron chi connectivity index (χ2n) is 2.21. The van der Waals surface area contributed by atoms with Crippen LogP contribution in [0.3, 0.4) is 0 Å². The summed E-state index contributed by atoms with van der Waals surface area (Å²) in [5.41, 5.74) is 0. The van der Waals surface area contributed by atoms with Gasteiger partial charge in [-0.15, -0.1) is 0 Å². The van der Waals surface area contributed by atoms with Gasteiger partial charge in [0.15, 0.2) is 0 Å². The molecule has 0 bridgehead atoms. The summed E-state index contributed by atoms with van der Waals surface area (Å²) < 4.78 is 0. The molecule has 0 aromatic rings. The molecule has 0 amide bonds. The molecule has 10 heavy (non-hydrogen) atoms. The summed E-state index contributed by atoms with van der Waals surface area (Å²) >= 11 is 0. The predicted octanol–water partition coefficient (Wildman–Crippen LogP) is -0.550. The molecule has 0 aromatic carbocycles. The van der Waals surface area contributed by atoms with Crippen LogP contribution in [0.15, 0.2) is 0 Å². The highest BCUT2D eigenvalue weighted by molar-refractivity contribution is 5.70. The third-order valence-electron chi connectivity index (χ3n) is 1.39. The van der Waals surface area contributed by atoms with Crippen molar-refractivity contribution in [2.24, 2.45) is 5.92 Å². The summed E-state index contributed by atoms with van der Waals surface area (Å²) in [7, 11) is 0. The Labute approximate surface area is 59.1 Å². The lowest BCUT2D eigenvalue weighted by molar-refractivity contribution is -0.145. The number of hydrogen-bond acceptors (Lipinski definition) is 3. The standard InChI is InChI=1S/C6H12O4/c1-4(6(9)10)5(8)2-3-7/h4-5,7-8H,2-3H2,1H3,(H,9,10). The molecule has 4 heteroatoms. The average Bonchev–Trinajstić information content (AvgIpc) is 1.87. The van der Waals surface area contributed by atoms with Gasteiger partial charge in [0.2, 0.25) is 0 Å². The maximum Gasteiger partial charge on any atom is 0.308 e. The van der Waals surface area contributed by atoms with Crippen LogP contribution in [0.1, 0.15) is 13.3 Å². The van der Waals surface area contributed by atoms with Crippen LogP contribution in [-0.2, 0) is 4.79 Å². The average molecular weight is 148 g/mol. The van der Waals surface area contributed by atoms with Crippen LogP contribution < -0.4 is 0 Å². The highest BCUT2D eigenvalue weighted by atomic mass is 16.4. The van der Waals surface area contributed by atoms with Crippen LogP contribution in [0.2, 0.25) is 0 Å². The van der Waals surface area contributed by atoms with Gasteiger partial charge in [0.1, 0.15) is 0 Å².